The standard InChI is InChI=1S/C21H21F2NO5S/c1-13(19(25)24-18-8-4-6-14-5-2-3-7-17(14)18)29-20(26)15-9-11-16(12-10-15)30(27,28)21(22)23/h2-3,5,7,9-13,18,21H,4,6,8H2,1H3,(H,24,25). The predicted molar refractivity (Wildman–Crippen MR) is 105 cm³/mol. The highest BCUT2D eigenvalue weighted by Crippen LogP contribution is 2.29. The Kier molecular flexibility index (Phi) is 6.50. The Bertz CT molecular complexity index is 1040. The SMILES string of the molecule is CC(OC(=O)c1ccc(S(=O)(=O)C(F)F)cc1)C(=O)NC1CCCc2ccccc21. The van der Waals surface area contributed by atoms with Crippen LogP contribution in [0.3, 0.4) is 0 Å². The van der Waals surface area contributed by atoms with Gasteiger partial charge in [0.05, 0.1) is 16.5 Å². The minimum absolute atomic E-state index is 0.0501. The molecule has 0 spiro atoms. The van der Waals surface area contributed by atoms with Crippen molar-refractivity contribution in [1.29, 1.82) is 0 Å². The molecule has 30 heavy (non-hydrogen) atoms. The Labute approximate surface area is 173 Å². The van der Waals surface area contributed by atoms with E-state index < -0.39 is 38.5 Å². The molecule has 3 rings (SSSR count). The number of nitrogens with one attached hydrogen (secondary N) is 1. The maximum Gasteiger partial charge on any atom is 0.341 e. The lowest BCUT2D eigenvalue weighted by Crippen LogP contribution is -2.39. The third-order valence-corrected chi connectivity index (χ3v) is 6.39. The van der Waals surface area contributed by atoms with Crippen LogP contribution < -0.4 is 5.32 Å². The minimum Gasteiger partial charge on any atom is -0.449 e. The number of aryl methyl sites for hydroxylation is 1. The number of carbonyl (C=O) groups is 2. The Morgan fingerprint density at radius 1 is 1.10 bits per heavy atom. The molecule has 2 aromatic carbocycles. The second-order valence-corrected chi connectivity index (χ2v) is 8.95. The molecule has 0 heterocycles. The molecule has 2 atom stereocenters. The van der Waals surface area contributed by atoms with Gasteiger partial charge in [-0.3, -0.25) is 4.79 Å². The van der Waals surface area contributed by atoms with Gasteiger partial charge in [-0.25, -0.2) is 13.2 Å². The fraction of sp³-hybridized carbons (Fsp3) is 0.333. The molecule has 1 N–H and O–H groups in total. The van der Waals surface area contributed by atoms with E-state index in [4.69, 9.17) is 4.74 Å². The first-order valence-electron chi connectivity index (χ1n) is 9.41. The van der Waals surface area contributed by atoms with E-state index in [1.165, 1.54) is 12.5 Å². The molecule has 0 aliphatic heterocycles. The van der Waals surface area contributed by atoms with Crippen LogP contribution in [0.1, 0.15) is 47.3 Å². The van der Waals surface area contributed by atoms with Crippen molar-refractivity contribution in [2.24, 2.45) is 0 Å². The average molecular weight is 437 g/mol. The molecule has 0 saturated heterocycles. The largest absolute Gasteiger partial charge is 0.449 e. The van der Waals surface area contributed by atoms with Gasteiger partial charge in [0.15, 0.2) is 6.10 Å². The Morgan fingerprint density at radius 2 is 1.77 bits per heavy atom. The molecule has 2 aromatic rings. The van der Waals surface area contributed by atoms with Crippen molar-refractivity contribution >= 4 is 21.7 Å². The molecule has 0 saturated carbocycles. The molecule has 1 aliphatic rings. The monoisotopic (exact) mass is 437 g/mol. The first-order chi connectivity index (χ1) is 14.2. The van der Waals surface area contributed by atoms with Crippen LogP contribution in [0, 0.1) is 0 Å². The summed E-state index contributed by atoms with van der Waals surface area (Å²) in [4.78, 5) is 24.1. The van der Waals surface area contributed by atoms with E-state index in [9.17, 15) is 26.8 Å². The minimum atomic E-state index is -4.75. The quantitative estimate of drug-likeness (QED) is 0.700. The molecule has 0 aromatic heterocycles. The van der Waals surface area contributed by atoms with Gasteiger partial charge in [0, 0.05) is 0 Å². The number of carbonyl (C=O) groups excluding carboxylic acids is 2. The Morgan fingerprint density at radius 3 is 2.43 bits per heavy atom. The number of halogens is 2. The Balaban J connectivity index is 1.63. The van der Waals surface area contributed by atoms with Crippen LogP contribution in [0.25, 0.3) is 0 Å². The summed E-state index contributed by atoms with van der Waals surface area (Å²) in [7, 11) is -4.75. The van der Waals surface area contributed by atoms with Crippen LogP contribution in [-0.2, 0) is 25.8 Å². The molecular formula is C21H21F2NO5S. The van der Waals surface area contributed by atoms with Gasteiger partial charge >= 0.3 is 11.7 Å². The highest BCUT2D eigenvalue weighted by atomic mass is 32.2. The van der Waals surface area contributed by atoms with Crippen molar-refractivity contribution in [3.05, 3.63) is 65.2 Å². The number of hydrogen-bond acceptors (Lipinski definition) is 5. The number of amides is 1. The number of ether oxygens (including phenoxy) is 1. The van der Waals surface area contributed by atoms with Gasteiger partial charge in [0.2, 0.25) is 9.84 Å². The van der Waals surface area contributed by atoms with Crippen molar-refractivity contribution in [2.45, 2.75) is 49.0 Å². The maximum absolute atomic E-state index is 12.6. The normalized spacial score (nSPS) is 17.1. The molecule has 0 fully saturated rings. The number of hydrogen-bond donors (Lipinski definition) is 1. The van der Waals surface area contributed by atoms with Crippen LogP contribution in [0.2, 0.25) is 0 Å². The number of rotatable bonds is 6. The van der Waals surface area contributed by atoms with Gasteiger partial charge < -0.3 is 10.1 Å². The van der Waals surface area contributed by atoms with Crippen LogP contribution in [0.15, 0.2) is 53.4 Å². The summed E-state index contributed by atoms with van der Waals surface area (Å²) < 4.78 is 53.2. The van der Waals surface area contributed by atoms with Crippen LogP contribution >= 0.6 is 0 Å². The second-order valence-electron chi connectivity index (χ2n) is 7.03. The lowest BCUT2D eigenvalue weighted by Gasteiger charge is -2.27. The molecular weight excluding hydrogens is 416 g/mol. The van der Waals surface area contributed by atoms with E-state index >= 15 is 0 Å². The van der Waals surface area contributed by atoms with E-state index in [1.54, 1.807) is 0 Å². The Hall–Kier alpha value is -2.81. The molecule has 2 unspecified atom stereocenters. The number of sulfone groups is 1. The fourth-order valence-corrected chi connectivity index (χ4v) is 4.08. The number of esters is 1. The van der Waals surface area contributed by atoms with Crippen molar-refractivity contribution in [3.63, 3.8) is 0 Å². The molecule has 1 amide bonds. The smallest absolute Gasteiger partial charge is 0.341 e. The van der Waals surface area contributed by atoms with E-state index in [0.29, 0.717) is 0 Å². The highest BCUT2D eigenvalue weighted by Gasteiger charge is 2.28. The summed E-state index contributed by atoms with van der Waals surface area (Å²) in [6.07, 6.45) is 1.58. The van der Waals surface area contributed by atoms with E-state index in [0.717, 1.165) is 49.1 Å². The van der Waals surface area contributed by atoms with Crippen molar-refractivity contribution in [1.82, 2.24) is 5.32 Å². The molecule has 0 bridgehead atoms. The first kappa shape index (κ1) is 21.9. The summed E-state index contributed by atoms with van der Waals surface area (Å²) in [5.74, 6) is -4.87. The van der Waals surface area contributed by atoms with Gasteiger partial charge in [-0.1, -0.05) is 24.3 Å². The summed E-state index contributed by atoms with van der Waals surface area (Å²) in [5, 5.41) is 2.89. The maximum atomic E-state index is 12.6. The molecule has 160 valence electrons. The third kappa shape index (κ3) is 4.67. The number of fused-ring (bicyclic) bond motifs is 1. The van der Waals surface area contributed by atoms with Crippen LogP contribution in [0.4, 0.5) is 8.78 Å². The predicted octanol–water partition coefficient (Wildman–Crippen LogP) is 3.42. The number of alkyl halides is 2. The third-order valence-electron chi connectivity index (χ3n) is 4.99. The van der Waals surface area contributed by atoms with Crippen molar-refractivity contribution in [3.8, 4) is 0 Å². The van der Waals surface area contributed by atoms with Crippen molar-refractivity contribution in [2.75, 3.05) is 0 Å². The second kappa shape index (κ2) is 8.91. The topological polar surface area (TPSA) is 89.5 Å². The summed E-state index contributed by atoms with van der Waals surface area (Å²) in [5.41, 5.74) is 2.18. The van der Waals surface area contributed by atoms with E-state index in [2.05, 4.69) is 5.32 Å². The van der Waals surface area contributed by atoms with Gasteiger partial charge in [0.25, 0.3) is 5.91 Å². The van der Waals surface area contributed by atoms with Gasteiger partial charge in [-0.2, -0.15) is 8.78 Å². The zero-order valence-electron chi connectivity index (χ0n) is 16.2. The first-order valence-corrected chi connectivity index (χ1v) is 11.0. The summed E-state index contributed by atoms with van der Waals surface area (Å²) >= 11 is 0. The number of benzene rings is 2. The van der Waals surface area contributed by atoms with Gasteiger partial charge in [-0.05, 0) is 61.6 Å². The van der Waals surface area contributed by atoms with E-state index in [-0.39, 0.29) is 11.6 Å². The molecule has 1 aliphatic carbocycles. The van der Waals surface area contributed by atoms with Crippen LogP contribution in [-0.4, -0.2) is 32.2 Å². The zero-order valence-corrected chi connectivity index (χ0v) is 17.0. The summed E-state index contributed by atoms with van der Waals surface area (Å²) in [6, 6.07) is 11.6. The van der Waals surface area contributed by atoms with Crippen molar-refractivity contribution < 1.29 is 31.5 Å². The van der Waals surface area contributed by atoms with E-state index in [1.807, 2.05) is 24.3 Å². The lowest BCUT2D eigenvalue weighted by atomic mass is 9.87. The average Bonchev–Trinajstić information content (AvgIpc) is 2.73. The molecule has 6 nitrogen and oxygen atoms in total. The highest BCUT2D eigenvalue weighted by molar-refractivity contribution is 7.91. The van der Waals surface area contributed by atoms with Gasteiger partial charge in [0.1, 0.15) is 0 Å². The summed E-state index contributed by atoms with van der Waals surface area (Å²) in [6.45, 7) is 1.43. The fourth-order valence-electron chi connectivity index (χ4n) is 3.36. The lowest BCUT2D eigenvalue weighted by molar-refractivity contribution is -0.130. The molecule has 9 heteroatoms. The zero-order chi connectivity index (χ0) is 21.9. The molecule has 0 radical (unpaired) electrons. The van der Waals surface area contributed by atoms with Gasteiger partial charge in [-0.15, -0.1) is 0 Å². The van der Waals surface area contributed by atoms with Crippen LogP contribution in [0.5, 0.6) is 0 Å².